The maximum Gasteiger partial charge on any atom is 0.271 e. The normalized spacial score (nSPS) is 10.0. The molecule has 0 spiro atoms. The molecule has 2 rings (SSSR count). The number of ether oxygens (including phenoxy) is 2. The summed E-state index contributed by atoms with van der Waals surface area (Å²) in [7, 11) is 1.42. The lowest BCUT2D eigenvalue weighted by atomic mass is 10.2. The minimum atomic E-state index is -0.543. The lowest BCUT2D eigenvalue weighted by Gasteiger charge is -2.11. The minimum absolute atomic E-state index is 0.138. The quantitative estimate of drug-likeness (QED) is 0.653. The Bertz CT molecular complexity index is 730. The summed E-state index contributed by atoms with van der Waals surface area (Å²) in [5.41, 5.74) is 1.10. The molecule has 0 heterocycles. The van der Waals surface area contributed by atoms with Gasteiger partial charge in [-0.05, 0) is 30.7 Å². The average molecular weight is 316 g/mol. The van der Waals surface area contributed by atoms with Crippen molar-refractivity contribution in [2.75, 3.05) is 19.0 Å². The van der Waals surface area contributed by atoms with E-state index in [1.165, 1.54) is 25.3 Å². The number of aryl methyl sites for hydroxylation is 1. The first-order valence-electron chi connectivity index (χ1n) is 6.81. The summed E-state index contributed by atoms with van der Waals surface area (Å²) in [5.74, 6) is 0.468. The topological polar surface area (TPSA) is 90.7 Å². The average Bonchev–Trinajstić information content (AvgIpc) is 2.53. The Kier molecular flexibility index (Phi) is 5.14. The van der Waals surface area contributed by atoms with E-state index in [4.69, 9.17) is 9.47 Å². The Morgan fingerprint density at radius 3 is 2.70 bits per heavy atom. The van der Waals surface area contributed by atoms with Crippen LogP contribution in [0.15, 0.2) is 42.5 Å². The summed E-state index contributed by atoms with van der Waals surface area (Å²) in [5, 5.41) is 13.4. The first-order valence-corrected chi connectivity index (χ1v) is 6.81. The smallest absolute Gasteiger partial charge is 0.271 e. The van der Waals surface area contributed by atoms with Crippen molar-refractivity contribution >= 4 is 17.3 Å². The van der Waals surface area contributed by atoms with Crippen molar-refractivity contribution in [3.05, 3.63) is 58.1 Å². The van der Waals surface area contributed by atoms with E-state index < -0.39 is 10.8 Å². The molecule has 0 radical (unpaired) electrons. The Labute approximate surface area is 133 Å². The minimum Gasteiger partial charge on any atom is -0.495 e. The molecule has 7 nitrogen and oxygen atoms in total. The molecule has 1 N–H and O–H groups in total. The Balaban J connectivity index is 2.04. The number of carbonyl (C=O) groups excluding carboxylic acids is 1. The first kappa shape index (κ1) is 16.3. The summed E-state index contributed by atoms with van der Waals surface area (Å²) < 4.78 is 10.5. The zero-order chi connectivity index (χ0) is 16.8. The van der Waals surface area contributed by atoms with Gasteiger partial charge < -0.3 is 14.8 Å². The summed E-state index contributed by atoms with van der Waals surface area (Å²) in [6.07, 6.45) is 0. The number of nitrogens with one attached hydrogen (secondary N) is 1. The highest BCUT2D eigenvalue weighted by molar-refractivity contribution is 5.93. The van der Waals surface area contributed by atoms with Crippen LogP contribution in [0.3, 0.4) is 0 Å². The molecule has 0 saturated carbocycles. The van der Waals surface area contributed by atoms with Crippen LogP contribution in [0.25, 0.3) is 0 Å². The summed E-state index contributed by atoms with van der Waals surface area (Å²) in [4.78, 5) is 22.2. The van der Waals surface area contributed by atoms with E-state index in [0.717, 1.165) is 5.56 Å². The molecule has 23 heavy (non-hydrogen) atoms. The van der Waals surface area contributed by atoms with Crippen LogP contribution in [0.5, 0.6) is 11.5 Å². The molecule has 0 aliphatic rings. The number of anilines is 1. The predicted octanol–water partition coefficient (Wildman–Crippen LogP) is 2.93. The zero-order valence-electron chi connectivity index (χ0n) is 12.7. The maximum absolute atomic E-state index is 12.0. The van der Waals surface area contributed by atoms with E-state index in [-0.39, 0.29) is 18.0 Å². The second kappa shape index (κ2) is 7.26. The number of nitro groups is 1. The molecule has 0 aromatic heterocycles. The van der Waals surface area contributed by atoms with Gasteiger partial charge in [0.15, 0.2) is 6.61 Å². The van der Waals surface area contributed by atoms with Gasteiger partial charge in [-0.15, -0.1) is 0 Å². The molecule has 120 valence electrons. The number of rotatable bonds is 6. The molecule has 0 saturated heterocycles. The highest BCUT2D eigenvalue weighted by atomic mass is 16.6. The van der Waals surface area contributed by atoms with Gasteiger partial charge in [0.2, 0.25) is 0 Å². The highest BCUT2D eigenvalue weighted by Gasteiger charge is 2.14. The second-order valence-electron chi connectivity index (χ2n) is 4.80. The number of hydrogen-bond donors (Lipinski definition) is 1. The van der Waals surface area contributed by atoms with Crippen molar-refractivity contribution in [3.63, 3.8) is 0 Å². The van der Waals surface area contributed by atoms with Crippen LogP contribution in [0, 0.1) is 17.0 Å². The van der Waals surface area contributed by atoms with E-state index in [0.29, 0.717) is 11.5 Å². The number of amides is 1. The largest absolute Gasteiger partial charge is 0.495 e. The van der Waals surface area contributed by atoms with Crippen LogP contribution in [-0.2, 0) is 4.79 Å². The number of benzene rings is 2. The van der Waals surface area contributed by atoms with Gasteiger partial charge in [0.1, 0.15) is 11.5 Å². The molecule has 0 aliphatic carbocycles. The van der Waals surface area contributed by atoms with E-state index >= 15 is 0 Å². The zero-order valence-corrected chi connectivity index (χ0v) is 12.7. The van der Waals surface area contributed by atoms with Gasteiger partial charge in [-0.3, -0.25) is 14.9 Å². The molecule has 2 aromatic rings. The number of hydrogen-bond acceptors (Lipinski definition) is 5. The first-order chi connectivity index (χ1) is 11.0. The van der Waals surface area contributed by atoms with Gasteiger partial charge in [-0.1, -0.05) is 12.1 Å². The third kappa shape index (κ3) is 4.44. The molecule has 0 fully saturated rings. The second-order valence-corrected chi connectivity index (χ2v) is 4.80. The van der Waals surface area contributed by atoms with Crippen molar-refractivity contribution in [2.45, 2.75) is 6.92 Å². The number of nitrogens with zero attached hydrogens (tertiary/aromatic N) is 1. The van der Waals surface area contributed by atoms with Crippen molar-refractivity contribution in [1.82, 2.24) is 0 Å². The Morgan fingerprint density at radius 2 is 2.04 bits per heavy atom. The number of nitro benzene ring substituents is 1. The van der Waals surface area contributed by atoms with E-state index in [1.807, 2.05) is 19.1 Å². The SMILES string of the molecule is COc1ccc([N+](=O)[O-])cc1NC(=O)COc1cccc(C)c1. The fraction of sp³-hybridized carbons (Fsp3) is 0.188. The predicted molar refractivity (Wildman–Crippen MR) is 85.0 cm³/mol. The summed E-state index contributed by atoms with van der Waals surface area (Å²) in [6, 6.07) is 11.3. The lowest BCUT2D eigenvalue weighted by Crippen LogP contribution is -2.20. The van der Waals surface area contributed by atoms with Crippen molar-refractivity contribution in [1.29, 1.82) is 0 Å². The van der Waals surface area contributed by atoms with Crippen LogP contribution in [0.4, 0.5) is 11.4 Å². The summed E-state index contributed by atoms with van der Waals surface area (Å²) in [6.45, 7) is 1.70. The van der Waals surface area contributed by atoms with Crippen LogP contribution < -0.4 is 14.8 Å². The standard InChI is InChI=1S/C16H16N2O5/c1-11-4-3-5-13(8-11)23-10-16(19)17-14-9-12(18(20)21)6-7-15(14)22-2/h3-9H,10H2,1-2H3,(H,17,19). The highest BCUT2D eigenvalue weighted by Crippen LogP contribution is 2.28. The van der Waals surface area contributed by atoms with Crippen molar-refractivity contribution in [2.24, 2.45) is 0 Å². The van der Waals surface area contributed by atoms with E-state index in [2.05, 4.69) is 5.32 Å². The lowest BCUT2D eigenvalue weighted by molar-refractivity contribution is -0.384. The van der Waals surface area contributed by atoms with Gasteiger partial charge in [-0.25, -0.2) is 0 Å². The molecular formula is C16H16N2O5. The molecule has 0 aliphatic heterocycles. The fourth-order valence-corrected chi connectivity index (χ4v) is 1.95. The molecule has 1 amide bonds. The van der Waals surface area contributed by atoms with Crippen LogP contribution >= 0.6 is 0 Å². The van der Waals surface area contributed by atoms with Crippen LogP contribution in [0.2, 0.25) is 0 Å². The fourth-order valence-electron chi connectivity index (χ4n) is 1.95. The number of non-ortho nitro benzene ring substituents is 1. The third-order valence-electron chi connectivity index (χ3n) is 3.03. The molecule has 2 aromatic carbocycles. The molecule has 0 atom stereocenters. The monoisotopic (exact) mass is 316 g/mol. The van der Waals surface area contributed by atoms with Crippen LogP contribution in [-0.4, -0.2) is 24.5 Å². The van der Waals surface area contributed by atoms with Crippen molar-refractivity contribution in [3.8, 4) is 11.5 Å². The van der Waals surface area contributed by atoms with Gasteiger partial charge in [0.05, 0.1) is 17.7 Å². The molecule has 7 heteroatoms. The molecule has 0 unspecified atom stereocenters. The molecule has 0 bridgehead atoms. The van der Waals surface area contributed by atoms with Gasteiger partial charge in [0.25, 0.3) is 11.6 Å². The van der Waals surface area contributed by atoms with Gasteiger partial charge in [0, 0.05) is 12.1 Å². The van der Waals surface area contributed by atoms with Gasteiger partial charge in [-0.2, -0.15) is 0 Å². The number of methoxy groups -OCH3 is 1. The van der Waals surface area contributed by atoms with Gasteiger partial charge >= 0.3 is 0 Å². The van der Waals surface area contributed by atoms with E-state index in [1.54, 1.807) is 12.1 Å². The number of carbonyl (C=O) groups is 1. The Hall–Kier alpha value is -3.09. The van der Waals surface area contributed by atoms with Crippen molar-refractivity contribution < 1.29 is 19.2 Å². The maximum atomic E-state index is 12.0. The Morgan fingerprint density at radius 1 is 1.26 bits per heavy atom. The molecular weight excluding hydrogens is 300 g/mol. The van der Waals surface area contributed by atoms with Crippen LogP contribution in [0.1, 0.15) is 5.56 Å². The third-order valence-corrected chi connectivity index (χ3v) is 3.03. The van der Waals surface area contributed by atoms with E-state index in [9.17, 15) is 14.9 Å². The summed E-state index contributed by atoms with van der Waals surface area (Å²) >= 11 is 0.